The number of hydrogen-bond donors (Lipinski definition) is 0. The molecule has 0 heterocycles. The fourth-order valence-electron chi connectivity index (χ4n) is 0.731. The molecule has 0 aromatic heterocycles. The van der Waals surface area contributed by atoms with E-state index < -0.39 is 0 Å². The Balaban J connectivity index is 3.30. The van der Waals surface area contributed by atoms with E-state index >= 15 is 0 Å². The van der Waals surface area contributed by atoms with Crippen LogP contribution in [-0.4, -0.2) is 6.29 Å². The zero-order valence-corrected chi connectivity index (χ0v) is 7.10. The zero-order chi connectivity index (χ0) is 7.56. The van der Waals surface area contributed by atoms with Gasteiger partial charge in [-0.05, 0) is 24.6 Å². The summed E-state index contributed by atoms with van der Waals surface area (Å²) in [6, 6.07) is 6.52. The molecule has 0 spiro atoms. The average Bonchev–Trinajstić information content (AvgIpc) is 1.88. The highest BCUT2D eigenvalue weighted by Crippen LogP contribution is 2.16. The minimum Gasteiger partial charge on any atom is -0.298 e. The van der Waals surface area contributed by atoms with E-state index in [1.807, 2.05) is 6.92 Å². The first-order chi connectivity index (χ1) is 4.75. The van der Waals surface area contributed by atoms with Gasteiger partial charge in [0.05, 0.1) is 0 Å². The molecule has 10 heavy (non-hydrogen) atoms. The standard InChI is InChI=1S/C8H6BrO/c1-6-3-2-4-8(9)7(6)5-10/h2,4-5H,1H3. The van der Waals surface area contributed by atoms with Crippen LogP contribution in [0.15, 0.2) is 16.6 Å². The van der Waals surface area contributed by atoms with Gasteiger partial charge in [0.1, 0.15) is 0 Å². The fraction of sp³-hybridized carbons (Fsp3) is 0.125. The van der Waals surface area contributed by atoms with Crippen LogP contribution in [0.5, 0.6) is 0 Å². The smallest absolute Gasteiger partial charge is 0.151 e. The van der Waals surface area contributed by atoms with Crippen LogP contribution in [-0.2, 0) is 0 Å². The Kier molecular flexibility index (Phi) is 2.22. The number of carbonyl (C=O) groups excluding carboxylic acids is 1. The molecule has 0 aliphatic heterocycles. The molecule has 51 valence electrons. The van der Waals surface area contributed by atoms with Crippen molar-refractivity contribution < 1.29 is 4.79 Å². The van der Waals surface area contributed by atoms with Crippen LogP contribution < -0.4 is 0 Å². The maximum Gasteiger partial charge on any atom is 0.151 e. The normalized spacial score (nSPS) is 9.40. The first kappa shape index (κ1) is 7.48. The number of rotatable bonds is 1. The van der Waals surface area contributed by atoms with Gasteiger partial charge in [0, 0.05) is 10.0 Å². The van der Waals surface area contributed by atoms with E-state index in [9.17, 15) is 4.79 Å². The van der Waals surface area contributed by atoms with Crippen molar-refractivity contribution in [2.45, 2.75) is 6.92 Å². The summed E-state index contributed by atoms with van der Waals surface area (Å²) in [6.45, 7) is 1.86. The van der Waals surface area contributed by atoms with Crippen LogP contribution in [0.1, 0.15) is 15.9 Å². The summed E-state index contributed by atoms with van der Waals surface area (Å²) in [6.07, 6.45) is 0.829. The Hall–Kier alpha value is -0.630. The SMILES string of the molecule is Cc1[c]ccc(Br)c1C=O. The molecular weight excluding hydrogens is 192 g/mol. The summed E-state index contributed by atoms with van der Waals surface area (Å²) in [7, 11) is 0. The van der Waals surface area contributed by atoms with Gasteiger partial charge in [-0.2, -0.15) is 0 Å². The maximum absolute atomic E-state index is 10.4. The van der Waals surface area contributed by atoms with Gasteiger partial charge in [-0.25, -0.2) is 0 Å². The fourth-order valence-corrected chi connectivity index (χ4v) is 1.25. The lowest BCUT2D eigenvalue weighted by Gasteiger charge is -1.97. The van der Waals surface area contributed by atoms with Crippen molar-refractivity contribution in [1.82, 2.24) is 0 Å². The molecule has 0 aliphatic carbocycles. The summed E-state index contributed by atoms with van der Waals surface area (Å²) in [5, 5.41) is 0. The summed E-state index contributed by atoms with van der Waals surface area (Å²) in [4.78, 5) is 10.4. The molecule has 0 saturated carbocycles. The minimum absolute atomic E-state index is 0.683. The topological polar surface area (TPSA) is 17.1 Å². The summed E-state index contributed by atoms with van der Waals surface area (Å²) >= 11 is 3.26. The molecule has 0 unspecified atom stereocenters. The van der Waals surface area contributed by atoms with Crippen molar-refractivity contribution in [2.24, 2.45) is 0 Å². The van der Waals surface area contributed by atoms with Crippen LogP contribution in [0.4, 0.5) is 0 Å². The van der Waals surface area contributed by atoms with E-state index in [2.05, 4.69) is 22.0 Å². The van der Waals surface area contributed by atoms with Gasteiger partial charge in [0.2, 0.25) is 0 Å². The van der Waals surface area contributed by atoms with Gasteiger partial charge in [0.15, 0.2) is 6.29 Å². The predicted octanol–water partition coefficient (Wildman–Crippen LogP) is 2.37. The van der Waals surface area contributed by atoms with E-state index in [4.69, 9.17) is 0 Å². The molecular formula is C8H6BrO. The highest BCUT2D eigenvalue weighted by atomic mass is 79.9. The lowest BCUT2D eigenvalue weighted by Crippen LogP contribution is -1.86. The predicted molar refractivity (Wildman–Crippen MR) is 43.1 cm³/mol. The van der Waals surface area contributed by atoms with Crippen molar-refractivity contribution in [1.29, 1.82) is 0 Å². The molecule has 1 rings (SSSR count). The van der Waals surface area contributed by atoms with E-state index in [1.54, 1.807) is 12.1 Å². The van der Waals surface area contributed by atoms with Crippen LogP contribution in [0.2, 0.25) is 0 Å². The largest absolute Gasteiger partial charge is 0.298 e. The molecule has 0 saturated heterocycles. The summed E-state index contributed by atoms with van der Waals surface area (Å²) in [5.41, 5.74) is 1.56. The number of aldehydes is 1. The van der Waals surface area contributed by atoms with Crippen molar-refractivity contribution in [3.63, 3.8) is 0 Å². The van der Waals surface area contributed by atoms with Gasteiger partial charge in [0.25, 0.3) is 0 Å². The third-order valence-electron chi connectivity index (χ3n) is 1.31. The second-order valence-corrected chi connectivity index (χ2v) is 2.84. The Morgan fingerprint density at radius 2 is 2.40 bits per heavy atom. The molecule has 1 radical (unpaired) electrons. The maximum atomic E-state index is 10.4. The zero-order valence-electron chi connectivity index (χ0n) is 5.52. The minimum atomic E-state index is 0.683. The molecule has 0 atom stereocenters. The quantitative estimate of drug-likeness (QED) is 0.633. The summed E-state index contributed by atoms with van der Waals surface area (Å²) < 4.78 is 0.832. The van der Waals surface area contributed by atoms with E-state index in [-0.39, 0.29) is 0 Å². The first-order valence-electron chi connectivity index (χ1n) is 2.87. The Morgan fingerprint density at radius 3 is 2.80 bits per heavy atom. The third kappa shape index (κ3) is 1.27. The number of hydrogen-bond acceptors (Lipinski definition) is 1. The number of halogens is 1. The van der Waals surface area contributed by atoms with Crippen LogP contribution in [0.3, 0.4) is 0 Å². The number of aryl methyl sites for hydroxylation is 1. The molecule has 0 bridgehead atoms. The average molecular weight is 198 g/mol. The van der Waals surface area contributed by atoms with Crippen molar-refractivity contribution in [3.8, 4) is 0 Å². The lowest BCUT2D eigenvalue weighted by atomic mass is 10.1. The number of benzene rings is 1. The highest BCUT2D eigenvalue weighted by Gasteiger charge is 1.99. The molecule has 2 heteroatoms. The van der Waals surface area contributed by atoms with Crippen LogP contribution in [0.25, 0.3) is 0 Å². The molecule has 1 aromatic rings. The lowest BCUT2D eigenvalue weighted by molar-refractivity contribution is 0.112. The third-order valence-corrected chi connectivity index (χ3v) is 2.00. The number of carbonyl (C=O) groups is 1. The Bertz CT molecular complexity index is 235. The van der Waals surface area contributed by atoms with Crippen LogP contribution in [0, 0.1) is 13.0 Å². The van der Waals surface area contributed by atoms with Gasteiger partial charge < -0.3 is 0 Å². The molecule has 0 aliphatic rings. The molecule has 1 aromatic carbocycles. The molecule has 0 N–H and O–H groups in total. The van der Waals surface area contributed by atoms with Gasteiger partial charge in [-0.3, -0.25) is 4.79 Å². The van der Waals surface area contributed by atoms with E-state index in [0.29, 0.717) is 5.56 Å². The monoisotopic (exact) mass is 197 g/mol. The van der Waals surface area contributed by atoms with Gasteiger partial charge in [-0.1, -0.05) is 22.0 Å². The molecule has 0 amide bonds. The summed E-state index contributed by atoms with van der Waals surface area (Å²) in [5.74, 6) is 0. The highest BCUT2D eigenvalue weighted by molar-refractivity contribution is 9.10. The molecule has 0 fully saturated rings. The van der Waals surface area contributed by atoms with Crippen molar-refractivity contribution >= 4 is 22.2 Å². The first-order valence-corrected chi connectivity index (χ1v) is 3.67. The van der Waals surface area contributed by atoms with Crippen LogP contribution >= 0.6 is 15.9 Å². The van der Waals surface area contributed by atoms with E-state index in [1.165, 1.54) is 0 Å². The second kappa shape index (κ2) is 2.97. The Labute approximate surface area is 68.2 Å². The van der Waals surface area contributed by atoms with Crippen molar-refractivity contribution in [3.05, 3.63) is 33.8 Å². The van der Waals surface area contributed by atoms with Gasteiger partial charge in [-0.15, -0.1) is 0 Å². The second-order valence-electron chi connectivity index (χ2n) is 1.98. The molecule has 1 nitrogen and oxygen atoms in total. The van der Waals surface area contributed by atoms with Gasteiger partial charge >= 0.3 is 0 Å². The van der Waals surface area contributed by atoms with E-state index in [0.717, 1.165) is 16.3 Å². The Morgan fingerprint density at radius 1 is 1.70 bits per heavy atom. The van der Waals surface area contributed by atoms with Crippen molar-refractivity contribution in [2.75, 3.05) is 0 Å².